The lowest BCUT2D eigenvalue weighted by molar-refractivity contribution is 0.231. The lowest BCUT2D eigenvalue weighted by atomic mass is 9.92. The highest BCUT2D eigenvalue weighted by atomic mass is 19.1. The summed E-state index contributed by atoms with van der Waals surface area (Å²) >= 11 is 0. The van der Waals surface area contributed by atoms with Gasteiger partial charge in [0.05, 0.1) is 25.1 Å². The molecule has 0 aliphatic carbocycles. The van der Waals surface area contributed by atoms with E-state index in [0.717, 1.165) is 5.56 Å². The van der Waals surface area contributed by atoms with Crippen LogP contribution in [-0.2, 0) is 6.42 Å². The molecular weight excluding hydrogens is 486 g/mol. The van der Waals surface area contributed by atoms with Crippen molar-refractivity contribution in [3.05, 3.63) is 111 Å². The lowest BCUT2D eigenvalue weighted by Gasteiger charge is -2.34. The maximum absolute atomic E-state index is 14.5. The highest BCUT2D eigenvalue weighted by molar-refractivity contribution is 6.00. The van der Waals surface area contributed by atoms with Crippen molar-refractivity contribution in [2.24, 2.45) is 10.9 Å². The van der Waals surface area contributed by atoms with Crippen LogP contribution in [0.2, 0.25) is 0 Å². The van der Waals surface area contributed by atoms with Gasteiger partial charge in [0.2, 0.25) is 0 Å². The summed E-state index contributed by atoms with van der Waals surface area (Å²) in [7, 11) is 1.60. The van der Waals surface area contributed by atoms with Gasteiger partial charge in [-0.2, -0.15) is 0 Å². The minimum atomic E-state index is -0.480. The van der Waals surface area contributed by atoms with Crippen molar-refractivity contribution < 1.29 is 17.9 Å². The van der Waals surface area contributed by atoms with Gasteiger partial charge >= 0.3 is 0 Å². The molecule has 0 N–H and O–H groups in total. The number of benzene rings is 3. The second-order valence-corrected chi connectivity index (χ2v) is 9.99. The van der Waals surface area contributed by atoms with Gasteiger partial charge in [0.1, 0.15) is 34.6 Å². The van der Waals surface area contributed by atoms with Gasteiger partial charge < -0.3 is 14.1 Å². The van der Waals surface area contributed by atoms with Crippen molar-refractivity contribution in [3.63, 3.8) is 0 Å². The topological polar surface area (TPSA) is 55.0 Å². The van der Waals surface area contributed by atoms with Crippen LogP contribution in [0, 0.1) is 24.5 Å². The molecule has 2 heterocycles. The molecule has 0 fully saturated rings. The average Bonchev–Trinajstić information content (AvgIpc) is 3.37. The number of fused-ring (bicyclic) bond motifs is 1. The molecule has 0 saturated carbocycles. The Hall–Kier alpha value is -4.00. The maximum atomic E-state index is 14.5. The Morgan fingerprint density at radius 1 is 1.08 bits per heavy atom. The summed E-state index contributed by atoms with van der Waals surface area (Å²) < 4.78 is 40.5. The summed E-state index contributed by atoms with van der Waals surface area (Å²) in [5, 5.41) is 0.325. The van der Waals surface area contributed by atoms with Crippen LogP contribution in [0.15, 0.2) is 74.9 Å². The number of aryl methyl sites for hydroxylation is 1. The van der Waals surface area contributed by atoms with E-state index in [1.165, 1.54) is 24.3 Å². The number of aliphatic imine (C=N–C) groups is 1. The van der Waals surface area contributed by atoms with E-state index in [-0.39, 0.29) is 28.8 Å². The number of nitrogens with zero attached hydrogens (tertiary/aromatic N) is 2. The van der Waals surface area contributed by atoms with Crippen molar-refractivity contribution in [1.82, 2.24) is 4.90 Å². The lowest BCUT2D eigenvalue weighted by Crippen LogP contribution is -2.37. The molecule has 5 rings (SSSR count). The predicted molar refractivity (Wildman–Crippen MR) is 145 cm³/mol. The molecule has 4 aromatic rings. The number of amidine groups is 1. The molecule has 1 aliphatic heterocycles. The van der Waals surface area contributed by atoms with Gasteiger partial charge in [-0.15, -0.1) is 0 Å². The molecule has 1 atom stereocenters. The molecule has 0 spiro atoms. The Morgan fingerprint density at radius 2 is 1.89 bits per heavy atom. The molecule has 38 heavy (non-hydrogen) atoms. The van der Waals surface area contributed by atoms with Crippen molar-refractivity contribution in [3.8, 4) is 5.75 Å². The third-order valence-corrected chi connectivity index (χ3v) is 7.04. The number of rotatable bonds is 7. The molecule has 7 heteroatoms. The van der Waals surface area contributed by atoms with Crippen LogP contribution in [0.5, 0.6) is 5.75 Å². The highest BCUT2D eigenvalue weighted by Gasteiger charge is 2.35. The molecule has 5 nitrogen and oxygen atoms in total. The van der Waals surface area contributed by atoms with E-state index in [4.69, 9.17) is 14.1 Å². The van der Waals surface area contributed by atoms with Crippen molar-refractivity contribution >= 4 is 16.8 Å². The Bertz CT molecular complexity index is 1590. The summed E-state index contributed by atoms with van der Waals surface area (Å²) in [5.41, 5.74) is 2.61. The summed E-state index contributed by atoms with van der Waals surface area (Å²) in [4.78, 5) is 20.7. The second-order valence-electron chi connectivity index (χ2n) is 9.99. The number of hydrogen-bond donors (Lipinski definition) is 0. The van der Waals surface area contributed by atoms with E-state index in [9.17, 15) is 13.6 Å². The Morgan fingerprint density at radius 3 is 2.63 bits per heavy atom. The minimum absolute atomic E-state index is 0.00758. The van der Waals surface area contributed by atoms with Gasteiger partial charge in [0.15, 0.2) is 5.43 Å². The number of methoxy groups -OCH3 is 1. The Balaban J connectivity index is 1.68. The SMILES string of the molecule is COc1cccc(Cc2c(C(C(C)C)N3CCN=C3c3ccc(C)c(F)c3)oc3cc(F)ccc3c2=O)c1. The van der Waals surface area contributed by atoms with Gasteiger partial charge in [0.25, 0.3) is 0 Å². The Kier molecular flexibility index (Phi) is 7.02. The zero-order valence-corrected chi connectivity index (χ0v) is 21.9. The molecule has 0 amide bonds. The molecule has 0 bridgehead atoms. The first-order valence-electron chi connectivity index (χ1n) is 12.7. The first-order valence-corrected chi connectivity index (χ1v) is 12.7. The molecule has 1 aliphatic rings. The standard InChI is InChI=1S/C31H30F2N2O3/c1-18(2)28(35-13-12-34-31(35)21-9-8-19(3)26(33)16-21)30-25(15-20-6-5-7-23(14-20)37-4)29(36)24-11-10-22(32)17-27(24)38-30/h5-11,14,16-18,28H,12-13,15H2,1-4H3. The Labute approximate surface area is 220 Å². The smallest absolute Gasteiger partial charge is 0.196 e. The first kappa shape index (κ1) is 25.6. The maximum Gasteiger partial charge on any atom is 0.196 e. The van der Waals surface area contributed by atoms with Crippen LogP contribution in [0.25, 0.3) is 11.0 Å². The quantitative estimate of drug-likeness (QED) is 0.284. The van der Waals surface area contributed by atoms with E-state index in [0.29, 0.717) is 58.9 Å². The molecule has 0 saturated heterocycles. The summed E-state index contributed by atoms with van der Waals surface area (Å²) in [6, 6.07) is 16.2. The number of hydrogen-bond acceptors (Lipinski definition) is 5. The van der Waals surface area contributed by atoms with E-state index < -0.39 is 5.82 Å². The van der Waals surface area contributed by atoms with Crippen LogP contribution in [0.1, 0.15) is 47.9 Å². The summed E-state index contributed by atoms with van der Waals surface area (Å²) in [6.07, 6.45) is 0.310. The largest absolute Gasteiger partial charge is 0.497 e. The van der Waals surface area contributed by atoms with E-state index in [1.54, 1.807) is 20.1 Å². The fourth-order valence-corrected chi connectivity index (χ4v) is 5.14. The monoisotopic (exact) mass is 516 g/mol. The first-order chi connectivity index (χ1) is 18.3. The fraction of sp³-hybridized carbons (Fsp3) is 0.290. The van der Waals surface area contributed by atoms with Crippen molar-refractivity contribution in [2.75, 3.05) is 20.2 Å². The van der Waals surface area contributed by atoms with Crippen LogP contribution >= 0.6 is 0 Å². The molecule has 3 aromatic carbocycles. The van der Waals surface area contributed by atoms with E-state index in [1.807, 2.05) is 44.2 Å². The highest BCUT2D eigenvalue weighted by Crippen LogP contribution is 2.36. The molecule has 1 unspecified atom stereocenters. The molecule has 196 valence electrons. The fourth-order valence-electron chi connectivity index (χ4n) is 5.14. The average molecular weight is 517 g/mol. The van der Waals surface area contributed by atoms with E-state index in [2.05, 4.69) is 4.90 Å². The second kappa shape index (κ2) is 10.4. The van der Waals surface area contributed by atoms with Gasteiger partial charge in [-0.1, -0.05) is 38.1 Å². The summed E-state index contributed by atoms with van der Waals surface area (Å²) in [5.74, 6) is 1.01. The van der Waals surface area contributed by atoms with Gasteiger partial charge in [-0.3, -0.25) is 9.79 Å². The van der Waals surface area contributed by atoms with E-state index >= 15 is 0 Å². The third kappa shape index (κ3) is 4.80. The van der Waals surface area contributed by atoms with Gasteiger partial charge in [-0.05, 0) is 54.3 Å². The molecular formula is C31H30F2N2O3. The van der Waals surface area contributed by atoms with Crippen LogP contribution in [0.4, 0.5) is 8.78 Å². The predicted octanol–water partition coefficient (Wildman–Crippen LogP) is 6.44. The number of ether oxygens (including phenoxy) is 1. The van der Waals surface area contributed by atoms with Crippen LogP contribution in [-0.4, -0.2) is 30.9 Å². The third-order valence-electron chi connectivity index (χ3n) is 7.04. The summed E-state index contributed by atoms with van der Waals surface area (Å²) in [6.45, 7) is 6.92. The van der Waals surface area contributed by atoms with Crippen LogP contribution in [0.3, 0.4) is 0 Å². The zero-order valence-electron chi connectivity index (χ0n) is 21.9. The van der Waals surface area contributed by atoms with Gasteiger partial charge in [0, 0.05) is 30.2 Å². The number of halogens is 2. The van der Waals surface area contributed by atoms with Crippen LogP contribution < -0.4 is 10.2 Å². The van der Waals surface area contributed by atoms with Crippen molar-refractivity contribution in [2.45, 2.75) is 33.2 Å². The molecule has 1 aromatic heterocycles. The zero-order chi connectivity index (χ0) is 27.0. The molecule has 0 radical (unpaired) electrons. The van der Waals surface area contributed by atoms with Crippen molar-refractivity contribution in [1.29, 1.82) is 0 Å². The van der Waals surface area contributed by atoms with Gasteiger partial charge in [-0.25, -0.2) is 8.78 Å². The normalized spacial score (nSPS) is 14.3. The minimum Gasteiger partial charge on any atom is -0.497 e.